The fourth-order valence-corrected chi connectivity index (χ4v) is 1.68. The van der Waals surface area contributed by atoms with Gasteiger partial charge in [-0.05, 0) is 37.9 Å². The van der Waals surface area contributed by atoms with E-state index in [9.17, 15) is 0 Å². The largest absolute Gasteiger partial charge is 0.258 e. The Morgan fingerprint density at radius 1 is 1.30 bits per heavy atom. The van der Waals surface area contributed by atoms with Crippen molar-refractivity contribution in [2.45, 2.75) is 13.3 Å². The lowest BCUT2D eigenvalue weighted by Gasteiger charge is -2.34. The van der Waals surface area contributed by atoms with E-state index in [0.29, 0.717) is 0 Å². The van der Waals surface area contributed by atoms with Crippen LogP contribution in [0.25, 0.3) is 0 Å². The van der Waals surface area contributed by atoms with Crippen LogP contribution in [0.2, 0.25) is 0 Å². The summed E-state index contributed by atoms with van der Waals surface area (Å²) in [5.74, 6) is 5.50. The third kappa shape index (κ3) is 7.96. The minimum atomic E-state index is -1.23. The lowest BCUT2D eigenvalue weighted by molar-refractivity contribution is 1.22. The molecule has 0 unspecified atom stereocenters. The predicted octanol–water partition coefficient (Wildman–Crippen LogP) is 2.61. The summed E-state index contributed by atoms with van der Waals surface area (Å²) in [4.78, 5) is 0. The molecule has 0 spiro atoms. The summed E-state index contributed by atoms with van der Waals surface area (Å²) >= 11 is 0. The van der Waals surface area contributed by atoms with Gasteiger partial charge >= 0.3 is 0 Å². The Labute approximate surface area is 65.2 Å². The van der Waals surface area contributed by atoms with Crippen LogP contribution < -0.4 is 0 Å². The SMILES string of the molecule is C=S(C)(C)(C)CCC=CC. The van der Waals surface area contributed by atoms with E-state index in [1.165, 1.54) is 12.2 Å². The van der Waals surface area contributed by atoms with Gasteiger partial charge in [-0.1, -0.05) is 18.0 Å². The van der Waals surface area contributed by atoms with Crippen LogP contribution in [0.3, 0.4) is 0 Å². The van der Waals surface area contributed by atoms with E-state index in [2.05, 4.69) is 43.7 Å². The van der Waals surface area contributed by atoms with E-state index in [-0.39, 0.29) is 0 Å². The summed E-state index contributed by atoms with van der Waals surface area (Å²) in [6.45, 7) is 2.07. The summed E-state index contributed by atoms with van der Waals surface area (Å²) in [5.41, 5.74) is 0. The van der Waals surface area contributed by atoms with Gasteiger partial charge in [-0.25, -0.2) is 0 Å². The highest BCUT2D eigenvalue weighted by Crippen LogP contribution is 2.45. The van der Waals surface area contributed by atoms with Crippen molar-refractivity contribution in [1.82, 2.24) is 0 Å². The van der Waals surface area contributed by atoms with Gasteiger partial charge in [-0.3, -0.25) is 8.75 Å². The van der Waals surface area contributed by atoms with Crippen molar-refractivity contribution in [1.29, 1.82) is 0 Å². The van der Waals surface area contributed by atoms with Crippen molar-refractivity contribution in [3.63, 3.8) is 0 Å². The first kappa shape index (κ1) is 9.96. The Morgan fingerprint density at radius 2 is 1.80 bits per heavy atom. The molecule has 0 fully saturated rings. The Kier molecular flexibility index (Phi) is 2.90. The van der Waals surface area contributed by atoms with Gasteiger partial charge in [0, 0.05) is 0 Å². The van der Waals surface area contributed by atoms with Crippen molar-refractivity contribution < 1.29 is 0 Å². The van der Waals surface area contributed by atoms with Gasteiger partial charge < -0.3 is 0 Å². The van der Waals surface area contributed by atoms with Gasteiger partial charge in [0.05, 0.1) is 0 Å². The van der Waals surface area contributed by atoms with E-state index in [1.54, 1.807) is 0 Å². The van der Waals surface area contributed by atoms with Gasteiger partial charge in [-0.15, -0.1) is 0 Å². The molecule has 0 rings (SSSR count). The van der Waals surface area contributed by atoms with Crippen LogP contribution in [0.1, 0.15) is 13.3 Å². The van der Waals surface area contributed by atoms with E-state index in [1.807, 2.05) is 0 Å². The standard InChI is InChI=1S/C9H20S/c1-6-7-8-9-10(2,3,4)5/h6-7H,2,8-9H2,1,3-5H3. The molecule has 62 valence electrons. The maximum Gasteiger partial charge on any atom is -0.0233 e. The highest BCUT2D eigenvalue weighted by Gasteiger charge is 2.08. The molecule has 1 heteroatoms. The van der Waals surface area contributed by atoms with Crippen molar-refractivity contribution in [3.05, 3.63) is 12.2 Å². The van der Waals surface area contributed by atoms with Crippen molar-refractivity contribution in [2.24, 2.45) is 0 Å². The number of rotatable bonds is 3. The third-order valence-corrected chi connectivity index (χ3v) is 3.03. The van der Waals surface area contributed by atoms with Gasteiger partial charge in [-0.2, -0.15) is 0 Å². The molecular formula is C9H20S. The molecule has 0 aliphatic heterocycles. The average Bonchev–Trinajstić information content (AvgIpc) is 1.61. The Bertz CT molecular complexity index is 170. The number of allylic oxidation sites excluding steroid dienone is 2. The molecule has 0 aromatic carbocycles. The molecule has 0 heterocycles. The molecule has 0 aromatic heterocycles. The summed E-state index contributed by atoms with van der Waals surface area (Å²) in [6.07, 6.45) is 12.4. The molecule has 10 heavy (non-hydrogen) atoms. The van der Waals surface area contributed by atoms with Gasteiger partial charge in [0.2, 0.25) is 0 Å². The Balaban J connectivity index is 3.82. The van der Waals surface area contributed by atoms with Crippen LogP contribution in [-0.2, 0) is 0 Å². The molecule has 0 saturated heterocycles. The average molecular weight is 160 g/mol. The second-order valence-electron chi connectivity index (χ2n) is 4.22. The monoisotopic (exact) mass is 160 g/mol. The molecule has 0 nitrogen and oxygen atoms in total. The van der Waals surface area contributed by atoms with Gasteiger partial charge in [0.25, 0.3) is 0 Å². The highest BCUT2D eigenvalue weighted by atomic mass is 32.3. The molecule has 0 bridgehead atoms. The van der Waals surface area contributed by atoms with Gasteiger partial charge in [0.15, 0.2) is 0 Å². The van der Waals surface area contributed by atoms with Crippen molar-refractivity contribution in [2.75, 3.05) is 24.5 Å². The van der Waals surface area contributed by atoms with Crippen LogP contribution in [0, 0.1) is 0 Å². The Morgan fingerprint density at radius 3 is 2.10 bits per heavy atom. The van der Waals surface area contributed by atoms with Crippen molar-refractivity contribution >= 4 is 14.6 Å². The molecule has 0 N–H and O–H groups in total. The summed E-state index contributed by atoms with van der Waals surface area (Å²) in [6, 6.07) is 0. The predicted molar refractivity (Wildman–Crippen MR) is 56.8 cm³/mol. The molecule has 0 aliphatic carbocycles. The van der Waals surface area contributed by atoms with E-state index in [0.717, 1.165) is 0 Å². The minimum absolute atomic E-state index is 1.19. The zero-order valence-electron chi connectivity index (χ0n) is 7.68. The molecule has 0 amide bonds. The van der Waals surface area contributed by atoms with E-state index >= 15 is 0 Å². The lowest BCUT2D eigenvalue weighted by Crippen LogP contribution is -2.05. The Hall–Kier alpha value is -0.0400. The van der Waals surface area contributed by atoms with Gasteiger partial charge in [0.1, 0.15) is 0 Å². The van der Waals surface area contributed by atoms with Crippen LogP contribution in [-0.4, -0.2) is 30.4 Å². The summed E-state index contributed by atoms with van der Waals surface area (Å²) in [7, 11) is -1.23. The minimum Gasteiger partial charge on any atom is -0.258 e. The first-order valence-corrected chi connectivity index (χ1v) is 7.23. The summed E-state index contributed by atoms with van der Waals surface area (Å²) < 4.78 is 0. The second kappa shape index (κ2) is 2.91. The van der Waals surface area contributed by atoms with E-state index in [4.69, 9.17) is 0 Å². The maximum atomic E-state index is 4.25. The quantitative estimate of drug-likeness (QED) is 0.440. The zero-order valence-corrected chi connectivity index (χ0v) is 8.50. The highest BCUT2D eigenvalue weighted by molar-refractivity contribution is 8.45. The van der Waals surface area contributed by atoms with Crippen LogP contribution in [0.15, 0.2) is 12.2 Å². The third-order valence-electron chi connectivity index (χ3n) is 1.28. The van der Waals surface area contributed by atoms with Crippen LogP contribution in [0.5, 0.6) is 0 Å². The normalized spacial score (nSPS) is 17.0. The second-order valence-corrected chi connectivity index (χ2v) is 11.0. The van der Waals surface area contributed by atoms with Crippen LogP contribution in [0.4, 0.5) is 0 Å². The molecule has 0 aromatic rings. The fraction of sp³-hybridized carbons (Fsp3) is 0.667. The lowest BCUT2D eigenvalue weighted by atomic mass is 10.4. The van der Waals surface area contributed by atoms with Crippen LogP contribution >= 0.6 is 8.75 Å². The topological polar surface area (TPSA) is 0 Å². The molecular weight excluding hydrogens is 140 g/mol. The molecule has 0 aliphatic rings. The molecule has 0 atom stereocenters. The smallest absolute Gasteiger partial charge is 0.0233 e. The molecule has 0 radical (unpaired) electrons. The number of hydrogen-bond acceptors (Lipinski definition) is 0. The first-order chi connectivity index (χ1) is 4.31. The zero-order chi connectivity index (χ0) is 8.28. The fourth-order valence-electron chi connectivity index (χ4n) is 0.672. The van der Waals surface area contributed by atoms with E-state index < -0.39 is 8.75 Å². The maximum absolute atomic E-state index is 4.25. The molecule has 0 saturated carbocycles. The van der Waals surface area contributed by atoms with Crippen molar-refractivity contribution in [3.8, 4) is 0 Å². The first-order valence-electron chi connectivity index (χ1n) is 3.62. The summed E-state index contributed by atoms with van der Waals surface area (Å²) in [5, 5.41) is 0. The number of hydrogen-bond donors (Lipinski definition) is 0.